The second kappa shape index (κ2) is 7.46. The van der Waals surface area contributed by atoms with Crippen molar-refractivity contribution in [3.05, 3.63) is 81.4 Å². The average molecular weight is 393 g/mol. The first-order valence-electron chi connectivity index (χ1n) is 8.37. The fourth-order valence-corrected chi connectivity index (χ4v) is 2.87. The van der Waals surface area contributed by atoms with Gasteiger partial charge in [-0.25, -0.2) is 9.18 Å². The summed E-state index contributed by atoms with van der Waals surface area (Å²) in [6.07, 6.45) is -3.47. The van der Waals surface area contributed by atoms with Crippen molar-refractivity contribution >= 4 is 16.9 Å². The Morgan fingerprint density at radius 2 is 1.86 bits per heavy atom. The molecule has 8 heteroatoms. The van der Waals surface area contributed by atoms with Crippen LogP contribution in [0.1, 0.15) is 28.4 Å². The van der Waals surface area contributed by atoms with Crippen LogP contribution in [0.5, 0.6) is 0 Å². The Bertz CT molecular complexity index is 1100. The molecule has 3 rings (SSSR count). The minimum Gasteiger partial charge on any atom is -0.462 e. The topological polar surface area (TPSA) is 48.3 Å². The van der Waals surface area contributed by atoms with Gasteiger partial charge in [-0.1, -0.05) is 18.2 Å². The highest BCUT2D eigenvalue weighted by Crippen LogP contribution is 2.31. The second-order valence-corrected chi connectivity index (χ2v) is 6.04. The summed E-state index contributed by atoms with van der Waals surface area (Å²) >= 11 is 0. The van der Waals surface area contributed by atoms with Gasteiger partial charge in [-0.05, 0) is 31.2 Å². The minimum atomic E-state index is -4.66. The summed E-state index contributed by atoms with van der Waals surface area (Å²) in [6.45, 7) is 1.45. The smallest absolute Gasteiger partial charge is 0.416 e. The van der Waals surface area contributed by atoms with Gasteiger partial charge in [-0.2, -0.15) is 13.2 Å². The summed E-state index contributed by atoms with van der Waals surface area (Å²) < 4.78 is 59.5. The molecule has 0 bridgehead atoms. The van der Waals surface area contributed by atoms with Gasteiger partial charge in [-0.3, -0.25) is 4.79 Å². The number of hydrogen-bond acceptors (Lipinski definition) is 3. The summed E-state index contributed by atoms with van der Waals surface area (Å²) in [5.41, 5.74) is -1.90. The number of alkyl halides is 3. The quantitative estimate of drug-likeness (QED) is 0.488. The normalized spacial score (nSPS) is 11.6. The molecule has 146 valence electrons. The van der Waals surface area contributed by atoms with Crippen molar-refractivity contribution < 1.29 is 27.1 Å². The van der Waals surface area contributed by atoms with E-state index in [1.807, 2.05) is 0 Å². The molecule has 0 saturated heterocycles. The van der Waals surface area contributed by atoms with E-state index in [4.69, 9.17) is 4.74 Å². The third-order valence-electron chi connectivity index (χ3n) is 4.20. The average Bonchev–Trinajstić information content (AvgIpc) is 2.64. The van der Waals surface area contributed by atoms with Gasteiger partial charge >= 0.3 is 12.1 Å². The van der Waals surface area contributed by atoms with Crippen LogP contribution >= 0.6 is 0 Å². The predicted octanol–water partition coefficient (Wildman–Crippen LogP) is 4.38. The number of esters is 1. The molecule has 28 heavy (non-hydrogen) atoms. The van der Waals surface area contributed by atoms with E-state index in [0.717, 1.165) is 12.1 Å². The van der Waals surface area contributed by atoms with E-state index >= 15 is 0 Å². The van der Waals surface area contributed by atoms with E-state index in [9.17, 15) is 27.2 Å². The summed E-state index contributed by atoms with van der Waals surface area (Å²) in [5, 5.41) is -0.295. The molecule has 0 amide bonds. The van der Waals surface area contributed by atoms with Crippen LogP contribution in [-0.4, -0.2) is 17.1 Å². The van der Waals surface area contributed by atoms with Crippen molar-refractivity contribution in [2.45, 2.75) is 19.6 Å². The van der Waals surface area contributed by atoms with E-state index < -0.39 is 34.5 Å². The van der Waals surface area contributed by atoms with Gasteiger partial charge in [0, 0.05) is 17.1 Å². The SMILES string of the molecule is CCOC(=O)c1cn(Cc2ccccc2F)c2ccc(C(F)(F)F)cc2c1=O. The number of fused-ring (bicyclic) bond motifs is 1. The van der Waals surface area contributed by atoms with Crippen molar-refractivity contribution in [2.24, 2.45) is 0 Å². The lowest BCUT2D eigenvalue weighted by Gasteiger charge is -2.15. The van der Waals surface area contributed by atoms with E-state index in [2.05, 4.69) is 0 Å². The molecule has 0 saturated carbocycles. The van der Waals surface area contributed by atoms with Crippen molar-refractivity contribution in [1.82, 2.24) is 4.57 Å². The molecule has 2 aromatic carbocycles. The highest BCUT2D eigenvalue weighted by atomic mass is 19.4. The zero-order chi connectivity index (χ0) is 20.5. The number of halogens is 4. The second-order valence-electron chi connectivity index (χ2n) is 6.04. The fourth-order valence-electron chi connectivity index (χ4n) is 2.87. The van der Waals surface area contributed by atoms with Crippen LogP contribution in [0.2, 0.25) is 0 Å². The fraction of sp³-hybridized carbons (Fsp3) is 0.200. The van der Waals surface area contributed by atoms with Gasteiger partial charge in [-0.15, -0.1) is 0 Å². The number of benzene rings is 2. The molecular weight excluding hydrogens is 378 g/mol. The van der Waals surface area contributed by atoms with Crippen LogP contribution in [0, 0.1) is 5.82 Å². The number of carbonyl (C=O) groups excluding carboxylic acids is 1. The number of rotatable bonds is 4. The number of ether oxygens (including phenoxy) is 1. The van der Waals surface area contributed by atoms with Gasteiger partial charge in [0.1, 0.15) is 11.4 Å². The van der Waals surface area contributed by atoms with E-state index in [1.165, 1.54) is 29.0 Å². The Hall–Kier alpha value is -3.16. The van der Waals surface area contributed by atoms with Gasteiger partial charge in [0.05, 0.1) is 24.2 Å². The Kier molecular flexibility index (Phi) is 5.22. The number of pyridine rings is 1. The molecule has 0 aliphatic heterocycles. The lowest BCUT2D eigenvalue weighted by Crippen LogP contribution is -2.22. The minimum absolute atomic E-state index is 0.00772. The molecule has 4 nitrogen and oxygen atoms in total. The molecule has 3 aromatic rings. The lowest BCUT2D eigenvalue weighted by molar-refractivity contribution is -0.137. The third-order valence-corrected chi connectivity index (χ3v) is 4.20. The number of carbonyl (C=O) groups is 1. The number of hydrogen-bond donors (Lipinski definition) is 0. The first-order chi connectivity index (χ1) is 13.2. The molecule has 0 aliphatic carbocycles. The van der Waals surface area contributed by atoms with Crippen LogP contribution in [0.3, 0.4) is 0 Å². The first-order valence-corrected chi connectivity index (χ1v) is 8.37. The third kappa shape index (κ3) is 3.76. The van der Waals surface area contributed by atoms with E-state index in [-0.39, 0.29) is 29.6 Å². The maximum atomic E-state index is 14.0. The summed E-state index contributed by atoms with van der Waals surface area (Å²) in [5.74, 6) is -1.46. The molecule has 1 heterocycles. The molecule has 0 atom stereocenters. The molecule has 0 spiro atoms. The van der Waals surface area contributed by atoms with Gasteiger partial charge in [0.2, 0.25) is 5.43 Å². The standard InChI is InChI=1S/C20H15F4NO3/c1-2-28-19(27)15-11-25(10-12-5-3-4-6-16(12)21)17-8-7-13(20(22,23)24)9-14(17)18(15)26/h3-9,11H,2,10H2,1H3. The Morgan fingerprint density at radius 3 is 2.50 bits per heavy atom. The Balaban J connectivity index is 2.26. The predicted molar refractivity (Wildman–Crippen MR) is 94.7 cm³/mol. The molecular formula is C20H15F4NO3. The van der Waals surface area contributed by atoms with Gasteiger partial charge in [0.25, 0.3) is 0 Å². The lowest BCUT2D eigenvalue weighted by atomic mass is 10.1. The van der Waals surface area contributed by atoms with Crippen molar-refractivity contribution in [3.63, 3.8) is 0 Å². The van der Waals surface area contributed by atoms with Crippen LogP contribution in [0.25, 0.3) is 10.9 Å². The van der Waals surface area contributed by atoms with Crippen LogP contribution in [0.4, 0.5) is 17.6 Å². The zero-order valence-corrected chi connectivity index (χ0v) is 14.7. The van der Waals surface area contributed by atoms with E-state index in [1.54, 1.807) is 13.0 Å². The highest BCUT2D eigenvalue weighted by molar-refractivity contribution is 5.94. The van der Waals surface area contributed by atoms with Crippen LogP contribution < -0.4 is 5.43 Å². The van der Waals surface area contributed by atoms with Crippen molar-refractivity contribution in [2.75, 3.05) is 6.61 Å². The monoisotopic (exact) mass is 393 g/mol. The van der Waals surface area contributed by atoms with Crippen molar-refractivity contribution in [1.29, 1.82) is 0 Å². The molecule has 1 aromatic heterocycles. The first kappa shape index (κ1) is 19.6. The maximum Gasteiger partial charge on any atom is 0.416 e. The zero-order valence-electron chi connectivity index (χ0n) is 14.7. The highest BCUT2D eigenvalue weighted by Gasteiger charge is 2.31. The number of nitrogens with zero attached hydrogens (tertiary/aromatic N) is 1. The molecule has 0 unspecified atom stereocenters. The number of aromatic nitrogens is 1. The van der Waals surface area contributed by atoms with Gasteiger partial charge in [0.15, 0.2) is 0 Å². The molecule has 0 aliphatic rings. The summed E-state index contributed by atoms with van der Waals surface area (Å²) in [4.78, 5) is 24.8. The van der Waals surface area contributed by atoms with E-state index in [0.29, 0.717) is 6.07 Å². The summed E-state index contributed by atoms with van der Waals surface area (Å²) in [6, 6.07) is 8.53. The van der Waals surface area contributed by atoms with Crippen LogP contribution in [-0.2, 0) is 17.5 Å². The summed E-state index contributed by atoms with van der Waals surface area (Å²) in [7, 11) is 0. The van der Waals surface area contributed by atoms with Crippen LogP contribution in [0.15, 0.2) is 53.5 Å². The Labute approximate surface area is 157 Å². The largest absolute Gasteiger partial charge is 0.462 e. The Morgan fingerprint density at radius 1 is 1.14 bits per heavy atom. The molecule has 0 fully saturated rings. The van der Waals surface area contributed by atoms with Gasteiger partial charge < -0.3 is 9.30 Å². The van der Waals surface area contributed by atoms with Crippen molar-refractivity contribution in [3.8, 4) is 0 Å². The molecule has 0 N–H and O–H groups in total. The maximum absolute atomic E-state index is 14.0. The molecule has 0 radical (unpaired) electrons.